The summed E-state index contributed by atoms with van der Waals surface area (Å²) in [5.74, 6) is 1.45. The molecule has 132 valence electrons. The number of hydrogen-bond acceptors (Lipinski definition) is 5. The zero-order valence-corrected chi connectivity index (χ0v) is 14.9. The standard InChI is InChI=1S/C18H22N4O3/c1-5-8-22-17(19-10-20-22)12(3)21-18(23)16-11(2)14-7-6-13(24-4)9-15(14)25-16/h6-7,9-10,12H,5,8H2,1-4H3,(H,21,23)/t12-/m0/s1. The van der Waals surface area contributed by atoms with E-state index in [9.17, 15) is 4.79 Å². The summed E-state index contributed by atoms with van der Waals surface area (Å²) in [5.41, 5.74) is 1.43. The average molecular weight is 342 g/mol. The zero-order chi connectivity index (χ0) is 18.0. The molecule has 0 fully saturated rings. The number of amides is 1. The Morgan fingerprint density at radius 1 is 1.44 bits per heavy atom. The van der Waals surface area contributed by atoms with Crippen molar-refractivity contribution in [1.82, 2.24) is 20.1 Å². The van der Waals surface area contributed by atoms with Gasteiger partial charge in [0.25, 0.3) is 5.91 Å². The molecule has 1 aromatic carbocycles. The van der Waals surface area contributed by atoms with Gasteiger partial charge in [-0.2, -0.15) is 5.10 Å². The molecule has 0 saturated carbocycles. The SMILES string of the molecule is CCCn1ncnc1[C@H](C)NC(=O)c1oc2cc(OC)ccc2c1C. The first kappa shape index (κ1) is 17.0. The third-order valence-electron chi connectivity index (χ3n) is 4.17. The first-order valence-corrected chi connectivity index (χ1v) is 8.30. The largest absolute Gasteiger partial charge is 0.497 e. The maximum Gasteiger partial charge on any atom is 0.287 e. The summed E-state index contributed by atoms with van der Waals surface area (Å²) in [7, 11) is 1.60. The van der Waals surface area contributed by atoms with Crippen molar-refractivity contribution in [3.05, 3.63) is 41.7 Å². The second kappa shape index (κ2) is 6.96. The number of ether oxygens (including phenoxy) is 1. The van der Waals surface area contributed by atoms with Crippen LogP contribution in [0, 0.1) is 6.92 Å². The van der Waals surface area contributed by atoms with E-state index >= 15 is 0 Å². The van der Waals surface area contributed by atoms with Crippen LogP contribution >= 0.6 is 0 Å². The van der Waals surface area contributed by atoms with Crippen molar-refractivity contribution in [3.63, 3.8) is 0 Å². The van der Waals surface area contributed by atoms with Crippen molar-refractivity contribution in [2.24, 2.45) is 0 Å². The summed E-state index contributed by atoms with van der Waals surface area (Å²) < 4.78 is 12.8. The molecule has 1 atom stereocenters. The second-order valence-corrected chi connectivity index (χ2v) is 5.95. The molecule has 1 amide bonds. The molecule has 3 rings (SSSR count). The predicted molar refractivity (Wildman–Crippen MR) is 93.7 cm³/mol. The Kier molecular flexibility index (Phi) is 4.74. The molecule has 3 aromatic rings. The van der Waals surface area contributed by atoms with Gasteiger partial charge in [0.1, 0.15) is 23.5 Å². The van der Waals surface area contributed by atoms with Gasteiger partial charge in [0, 0.05) is 23.6 Å². The fraction of sp³-hybridized carbons (Fsp3) is 0.389. The topological polar surface area (TPSA) is 82.2 Å². The fourth-order valence-electron chi connectivity index (χ4n) is 2.87. The van der Waals surface area contributed by atoms with E-state index in [1.807, 2.05) is 26.0 Å². The number of hydrogen-bond donors (Lipinski definition) is 1. The van der Waals surface area contributed by atoms with E-state index in [0.29, 0.717) is 17.1 Å². The van der Waals surface area contributed by atoms with Crippen LogP contribution in [0.15, 0.2) is 28.9 Å². The number of fused-ring (bicyclic) bond motifs is 1. The third kappa shape index (κ3) is 3.22. The van der Waals surface area contributed by atoms with Crippen LogP contribution in [-0.4, -0.2) is 27.8 Å². The molecule has 7 nitrogen and oxygen atoms in total. The molecule has 0 radical (unpaired) electrons. The van der Waals surface area contributed by atoms with Crippen LogP contribution in [0.4, 0.5) is 0 Å². The zero-order valence-electron chi connectivity index (χ0n) is 14.9. The highest BCUT2D eigenvalue weighted by atomic mass is 16.5. The molecule has 0 unspecified atom stereocenters. The lowest BCUT2D eigenvalue weighted by Crippen LogP contribution is -2.29. The second-order valence-electron chi connectivity index (χ2n) is 5.95. The number of carbonyl (C=O) groups excluding carboxylic acids is 1. The normalized spacial score (nSPS) is 12.3. The van der Waals surface area contributed by atoms with E-state index in [-0.39, 0.29) is 11.9 Å². The van der Waals surface area contributed by atoms with Gasteiger partial charge < -0.3 is 14.5 Å². The Morgan fingerprint density at radius 2 is 2.24 bits per heavy atom. The minimum atomic E-state index is -0.274. The van der Waals surface area contributed by atoms with E-state index in [0.717, 1.165) is 29.7 Å². The van der Waals surface area contributed by atoms with Gasteiger partial charge in [0.15, 0.2) is 5.76 Å². The summed E-state index contributed by atoms with van der Waals surface area (Å²) in [6, 6.07) is 5.25. The van der Waals surface area contributed by atoms with Crippen molar-refractivity contribution >= 4 is 16.9 Å². The van der Waals surface area contributed by atoms with E-state index < -0.39 is 0 Å². The van der Waals surface area contributed by atoms with Crippen molar-refractivity contribution in [2.45, 2.75) is 39.8 Å². The van der Waals surface area contributed by atoms with Gasteiger partial charge in [-0.05, 0) is 32.4 Å². The quantitative estimate of drug-likeness (QED) is 0.743. The molecule has 0 aliphatic heterocycles. The maximum absolute atomic E-state index is 12.7. The summed E-state index contributed by atoms with van der Waals surface area (Å²) in [5, 5.41) is 8.03. The highest BCUT2D eigenvalue weighted by Gasteiger charge is 2.22. The lowest BCUT2D eigenvalue weighted by Gasteiger charge is -2.13. The van der Waals surface area contributed by atoms with Crippen LogP contribution in [-0.2, 0) is 6.54 Å². The first-order chi connectivity index (χ1) is 12.0. The van der Waals surface area contributed by atoms with Crippen LogP contribution in [0.25, 0.3) is 11.0 Å². The molecule has 0 aliphatic rings. The van der Waals surface area contributed by atoms with E-state index in [2.05, 4.69) is 22.3 Å². The summed E-state index contributed by atoms with van der Waals surface area (Å²) in [6.07, 6.45) is 2.45. The Hall–Kier alpha value is -2.83. The molecule has 0 spiro atoms. The van der Waals surface area contributed by atoms with Gasteiger partial charge >= 0.3 is 0 Å². The number of rotatable bonds is 6. The molecule has 2 heterocycles. The van der Waals surface area contributed by atoms with Gasteiger partial charge in [0.05, 0.1) is 13.2 Å². The van der Waals surface area contributed by atoms with E-state index in [1.165, 1.54) is 6.33 Å². The molecule has 25 heavy (non-hydrogen) atoms. The van der Waals surface area contributed by atoms with Crippen molar-refractivity contribution in [1.29, 1.82) is 0 Å². The number of aromatic nitrogens is 3. The summed E-state index contributed by atoms with van der Waals surface area (Å²) in [4.78, 5) is 16.9. The van der Waals surface area contributed by atoms with E-state index in [1.54, 1.807) is 17.9 Å². The van der Waals surface area contributed by atoms with Gasteiger partial charge in [-0.3, -0.25) is 4.79 Å². The van der Waals surface area contributed by atoms with Crippen molar-refractivity contribution in [2.75, 3.05) is 7.11 Å². The minimum Gasteiger partial charge on any atom is -0.497 e. The molecular weight excluding hydrogens is 320 g/mol. The number of aryl methyl sites for hydroxylation is 2. The number of benzene rings is 1. The molecule has 7 heteroatoms. The van der Waals surface area contributed by atoms with Crippen LogP contribution in [0.2, 0.25) is 0 Å². The minimum absolute atomic E-state index is 0.272. The fourth-order valence-corrected chi connectivity index (χ4v) is 2.87. The lowest BCUT2D eigenvalue weighted by molar-refractivity contribution is 0.0910. The highest BCUT2D eigenvalue weighted by molar-refractivity contribution is 5.99. The Balaban J connectivity index is 1.84. The van der Waals surface area contributed by atoms with E-state index in [4.69, 9.17) is 9.15 Å². The molecular formula is C18H22N4O3. The number of nitrogens with zero attached hydrogens (tertiary/aromatic N) is 3. The van der Waals surface area contributed by atoms with Crippen molar-refractivity contribution in [3.8, 4) is 5.75 Å². The first-order valence-electron chi connectivity index (χ1n) is 8.30. The highest BCUT2D eigenvalue weighted by Crippen LogP contribution is 2.28. The summed E-state index contributed by atoms with van der Waals surface area (Å²) in [6.45, 7) is 6.59. The Labute approximate surface area is 146 Å². The lowest BCUT2D eigenvalue weighted by atomic mass is 10.1. The van der Waals surface area contributed by atoms with Gasteiger partial charge in [-0.25, -0.2) is 9.67 Å². The Bertz CT molecular complexity index is 897. The molecule has 0 saturated heterocycles. The third-order valence-corrected chi connectivity index (χ3v) is 4.17. The molecule has 0 bridgehead atoms. The van der Waals surface area contributed by atoms with Gasteiger partial charge in [0.2, 0.25) is 0 Å². The molecule has 2 aromatic heterocycles. The van der Waals surface area contributed by atoms with Gasteiger partial charge in [-0.15, -0.1) is 0 Å². The van der Waals surface area contributed by atoms with Crippen LogP contribution in [0.3, 0.4) is 0 Å². The molecule has 1 N–H and O–H groups in total. The van der Waals surface area contributed by atoms with Crippen LogP contribution in [0.1, 0.15) is 48.3 Å². The number of furan rings is 1. The molecule has 0 aliphatic carbocycles. The average Bonchev–Trinajstić information content (AvgIpc) is 3.19. The monoisotopic (exact) mass is 342 g/mol. The number of carbonyl (C=O) groups is 1. The smallest absolute Gasteiger partial charge is 0.287 e. The number of nitrogens with one attached hydrogen (secondary N) is 1. The van der Waals surface area contributed by atoms with Crippen LogP contribution < -0.4 is 10.1 Å². The maximum atomic E-state index is 12.7. The summed E-state index contributed by atoms with van der Waals surface area (Å²) >= 11 is 0. The van der Waals surface area contributed by atoms with Crippen LogP contribution in [0.5, 0.6) is 5.75 Å². The van der Waals surface area contributed by atoms with Crippen molar-refractivity contribution < 1.29 is 13.9 Å². The van der Waals surface area contributed by atoms with Gasteiger partial charge in [-0.1, -0.05) is 6.92 Å². The number of methoxy groups -OCH3 is 1. The Morgan fingerprint density at radius 3 is 2.96 bits per heavy atom. The predicted octanol–water partition coefficient (Wildman–Crippen LogP) is 3.24.